The van der Waals surface area contributed by atoms with Crippen LogP contribution in [0.1, 0.15) is 25.7 Å². The molecule has 2 nitrogen and oxygen atoms in total. The van der Waals surface area contributed by atoms with Crippen molar-refractivity contribution in [1.82, 2.24) is 0 Å². The zero-order valence-electron chi connectivity index (χ0n) is 9.88. The minimum atomic E-state index is -0.307. The van der Waals surface area contributed by atoms with E-state index in [1.165, 1.54) is 12.5 Å². The number of para-hydroxylation sites is 1. The van der Waals surface area contributed by atoms with Crippen LogP contribution in [0.5, 0.6) is 0 Å². The molecule has 1 aliphatic rings. The van der Waals surface area contributed by atoms with Crippen molar-refractivity contribution in [2.24, 2.45) is 0 Å². The van der Waals surface area contributed by atoms with E-state index < -0.39 is 0 Å². The summed E-state index contributed by atoms with van der Waals surface area (Å²) in [4.78, 5) is 0. The van der Waals surface area contributed by atoms with Crippen LogP contribution in [-0.2, 0) is 4.74 Å². The van der Waals surface area contributed by atoms with Gasteiger partial charge in [0.25, 0.3) is 0 Å². The highest BCUT2D eigenvalue weighted by atomic mass is 35.5. The summed E-state index contributed by atoms with van der Waals surface area (Å²) >= 11 is 6.00. The Morgan fingerprint density at radius 3 is 2.82 bits per heavy atom. The number of halogens is 2. The van der Waals surface area contributed by atoms with Crippen LogP contribution in [0.4, 0.5) is 10.1 Å². The molecular formula is C13H17ClFNO. The Balaban J connectivity index is 2.13. The minimum absolute atomic E-state index is 0.138. The van der Waals surface area contributed by atoms with E-state index in [1.54, 1.807) is 19.2 Å². The van der Waals surface area contributed by atoms with E-state index in [2.05, 4.69) is 5.32 Å². The van der Waals surface area contributed by atoms with Gasteiger partial charge in [0.2, 0.25) is 0 Å². The third-order valence-corrected chi connectivity index (χ3v) is 3.61. The van der Waals surface area contributed by atoms with E-state index >= 15 is 0 Å². The second-order valence-corrected chi connectivity index (χ2v) is 4.81. The smallest absolute Gasteiger partial charge is 0.147 e. The first-order valence-corrected chi connectivity index (χ1v) is 6.33. The number of hydrogen-bond acceptors (Lipinski definition) is 2. The normalized spacial score (nSPS) is 24.6. The third kappa shape index (κ3) is 2.90. The quantitative estimate of drug-likeness (QED) is 0.888. The molecule has 0 radical (unpaired) electrons. The van der Waals surface area contributed by atoms with E-state index in [1.807, 2.05) is 0 Å². The van der Waals surface area contributed by atoms with Crippen LogP contribution in [0.25, 0.3) is 0 Å². The second-order valence-electron chi connectivity index (χ2n) is 4.41. The first-order chi connectivity index (χ1) is 8.22. The van der Waals surface area contributed by atoms with Crippen molar-refractivity contribution >= 4 is 17.3 Å². The Labute approximate surface area is 106 Å². The summed E-state index contributed by atoms with van der Waals surface area (Å²) < 4.78 is 19.1. The molecule has 1 N–H and O–H groups in total. The number of anilines is 1. The van der Waals surface area contributed by atoms with Gasteiger partial charge in [-0.1, -0.05) is 30.5 Å². The van der Waals surface area contributed by atoms with Crippen molar-refractivity contribution in [1.29, 1.82) is 0 Å². The topological polar surface area (TPSA) is 21.3 Å². The van der Waals surface area contributed by atoms with Crippen LogP contribution in [0.3, 0.4) is 0 Å². The lowest BCUT2D eigenvalue weighted by atomic mass is 9.92. The fourth-order valence-corrected chi connectivity index (χ4v) is 2.58. The number of hydrogen-bond donors (Lipinski definition) is 1. The molecule has 0 aliphatic heterocycles. The lowest BCUT2D eigenvalue weighted by Crippen LogP contribution is -2.38. The third-order valence-electron chi connectivity index (χ3n) is 3.30. The van der Waals surface area contributed by atoms with E-state index in [4.69, 9.17) is 16.3 Å². The Morgan fingerprint density at radius 1 is 1.35 bits per heavy atom. The molecule has 17 heavy (non-hydrogen) atoms. The predicted octanol–water partition coefficient (Wildman–Crippen LogP) is 3.85. The molecular weight excluding hydrogens is 241 g/mol. The molecule has 1 saturated carbocycles. The molecule has 0 saturated heterocycles. The summed E-state index contributed by atoms with van der Waals surface area (Å²) in [7, 11) is 1.70. The van der Waals surface area contributed by atoms with Gasteiger partial charge in [-0.3, -0.25) is 0 Å². The van der Waals surface area contributed by atoms with Crippen molar-refractivity contribution < 1.29 is 9.13 Å². The van der Waals surface area contributed by atoms with Gasteiger partial charge in [-0.15, -0.1) is 0 Å². The first-order valence-electron chi connectivity index (χ1n) is 5.95. The maximum absolute atomic E-state index is 13.6. The Kier molecular flexibility index (Phi) is 4.24. The lowest BCUT2D eigenvalue weighted by Gasteiger charge is -2.32. The number of methoxy groups -OCH3 is 1. The van der Waals surface area contributed by atoms with E-state index in [0.29, 0.717) is 10.7 Å². The largest absolute Gasteiger partial charge is 0.379 e. The van der Waals surface area contributed by atoms with E-state index in [9.17, 15) is 4.39 Å². The molecule has 1 aromatic carbocycles. The van der Waals surface area contributed by atoms with Gasteiger partial charge in [0.05, 0.1) is 22.9 Å². The molecule has 1 aliphatic carbocycles. The van der Waals surface area contributed by atoms with Gasteiger partial charge < -0.3 is 10.1 Å². The molecule has 0 heterocycles. The average molecular weight is 258 g/mol. The number of rotatable bonds is 3. The number of benzene rings is 1. The number of nitrogens with one attached hydrogen (secondary N) is 1. The summed E-state index contributed by atoms with van der Waals surface area (Å²) in [6.07, 6.45) is 4.45. The van der Waals surface area contributed by atoms with Crippen LogP contribution >= 0.6 is 11.6 Å². The molecule has 0 amide bonds. The van der Waals surface area contributed by atoms with Crippen molar-refractivity contribution in [2.45, 2.75) is 37.8 Å². The van der Waals surface area contributed by atoms with Crippen LogP contribution in [0.2, 0.25) is 5.02 Å². The fraction of sp³-hybridized carbons (Fsp3) is 0.538. The molecule has 4 heteroatoms. The molecule has 2 atom stereocenters. The van der Waals surface area contributed by atoms with Gasteiger partial charge in [0, 0.05) is 7.11 Å². The lowest BCUT2D eigenvalue weighted by molar-refractivity contribution is 0.0605. The van der Waals surface area contributed by atoms with Crippen LogP contribution in [-0.4, -0.2) is 19.3 Å². The van der Waals surface area contributed by atoms with Gasteiger partial charge in [-0.25, -0.2) is 4.39 Å². The van der Waals surface area contributed by atoms with Gasteiger partial charge in [-0.2, -0.15) is 0 Å². The highest BCUT2D eigenvalue weighted by Crippen LogP contribution is 2.29. The van der Waals surface area contributed by atoms with Crippen molar-refractivity contribution in [3.63, 3.8) is 0 Å². The molecule has 94 valence electrons. The Bertz CT molecular complexity index is 365. The van der Waals surface area contributed by atoms with Crippen molar-refractivity contribution in [3.8, 4) is 0 Å². The molecule has 2 unspecified atom stereocenters. The van der Waals surface area contributed by atoms with Gasteiger partial charge in [-0.05, 0) is 25.0 Å². The summed E-state index contributed by atoms with van der Waals surface area (Å²) in [6.45, 7) is 0. The zero-order chi connectivity index (χ0) is 12.3. The monoisotopic (exact) mass is 257 g/mol. The number of ether oxygens (including phenoxy) is 1. The molecule has 2 rings (SSSR count). The average Bonchev–Trinajstić information content (AvgIpc) is 2.34. The fourth-order valence-electron chi connectivity index (χ4n) is 2.37. The van der Waals surface area contributed by atoms with Crippen molar-refractivity contribution in [3.05, 3.63) is 29.0 Å². The second kappa shape index (κ2) is 5.69. The van der Waals surface area contributed by atoms with Gasteiger partial charge in [0.1, 0.15) is 5.82 Å². The minimum Gasteiger partial charge on any atom is -0.379 e. The highest BCUT2D eigenvalue weighted by Gasteiger charge is 2.25. The summed E-state index contributed by atoms with van der Waals surface area (Å²) in [5.41, 5.74) is 0.392. The van der Waals surface area contributed by atoms with Gasteiger partial charge >= 0.3 is 0 Å². The SMILES string of the molecule is COC1CCCCC1Nc1c(F)cccc1Cl. The molecule has 0 aromatic heterocycles. The summed E-state index contributed by atoms with van der Waals surface area (Å²) in [6, 6.07) is 4.86. The molecule has 0 bridgehead atoms. The van der Waals surface area contributed by atoms with Crippen LogP contribution < -0.4 is 5.32 Å². The van der Waals surface area contributed by atoms with E-state index in [-0.39, 0.29) is 18.0 Å². The Morgan fingerprint density at radius 2 is 2.12 bits per heavy atom. The predicted molar refractivity (Wildman–Crippen MR) is 68.1 cm³/mol. The summed E-state index contributed by atoms with van der Waals surface area (Å²) in [5.74, 6) is -0.307. The van der Waals surface area contributed by atoms with Crippen LogP contribution in [0, 0.1) is 5.82 Å². The maximum atomic E-state index is 13.6. The van der Waals surface area contributed by atoms with E-state index in [0.717, 1.165) is 19.3 Å². The van der Waals surface area contributed by atoms with Gasteiger partial charge in [0.15, 0.2) is 0 Å². The maximum Gasteiger partial charge on any atom is 0.147 e. The first kappa shape index (κ1) is 12.7. The molecule has 1 fully saturated rings. The standard InChI is InChI=1S/C13H17ClFNO/c1-17-12-8-3-2-7-11(12)16-13-9(14)5-4-6-10(13)15/h4-6,11-12,16H,2-3,7-8H2,1H3. The highest BCUT2D eigenvalue weighted by molar-refractivity contribution is 6.33. The molecule has 0 spiro atoms. The summed E-state index contributed by atoms with van der Waals surface area (Å²) in [5, 5.41) is 3.61. The Hall–Kier alpha value is -0.800. The van der Waals surface area contributed by atoms with Crippen LogP contribution in [0.15, 0.2) is 18.2 Å². The zero-order valence-corrected chi connectivity index (χ0v) is 10.6. The molecule has 1 aromatic rings. The van der Waals surface area contributed by atoms with Crippen molar-refractivity contribution in [2.75, 3.05) is 12.4 Å².